The van der Waals surface area contributed by atoms with Gasteiger partial charge < -0.3 is 10.1 Å². The molecule has 1 saturated heterocycles. The van der Waals surface area contributed by atoms with E-state index in [1.165, 1.54) is 19.3 Å². The van der Waals surface area contributed by atoms with Gasteiger partial charge in [0.1, 0.15) is 0 Å². The van der Waals surface area contributed by atoms with Crippen molar-refractivity contribution in [1.29, 1.82) is 0 Å². The van der Waals surface area contributed by atoms with E-state index < -0.39 is 0 Å². The van der Waals surface area contributed by atoms with Crippen molar-refractivity contribution >= 4 is 23.2 Å². The summed E-state index contributed by atoms with van der Waals surface area (Å²) < 4.78 is 6.03. The normalized spacial score (nSPS) is 32.0. The maximum absolute atomic E-state index is 6.06. The van der Waals surface area contributed by atoms with Crippen LogP contribution in [0.3, 0.4) is 0 Å². The highest BCUT2D eigenvalue weighted by atomic mass is 35.5. The lowest BCUT2D eigenvalue weighted by Gasteiger charge is -2.16. The van der Waals surface area contributed by atoms with Crippen LogP contribution in [0.5, 0.6) is 0 Å². The first kappa shape index (κ1) is 12.7. The van der Waals surface area contributed by atoms with Gasteiger partial charge in [0.15, 0.2) is 0 Å². The molecule has 1 aromatic carbocycles. The van der Waals surface area contributed by atoms with Crippen molar-refractivity contribution in [3.8, 4) is 0 Å². The molecule has 2 nitrogen and oxygen atoms in total. The minimum atomic E-state index is 0.0883. The van der Waals surface area contributed by atoms with Crippen molar-refractivity contribution in [2.75, 3.05) is 13.2 Å². The van der Waals surface area contributed by atoms with Crippen molar-refractivity contribution in [3.05, 3.63) is 33.8 Å². The summed E-state index contributed by atoms with van der Waals surface area (Å²) in [7, 11) is 0. The average Bonchev–Trinajstić information content (AvgIpc) is 2.72. The standard InChI is InChI=1S/C14H17Cl2NO/c15-11-5-4-9(6-12(11)16)14-7-17-13-3-1-2-10(13)8-18-14/h4-6,10,13-14,17H,1-3,7-8H2. The smallest absolute Gasteiger partial charge is 0.0949 e. The first-order valence-corrected chi connectivity index (χ1v) is 7.29. The quantitative estimate of drug-likeness (QED) is 0.847. The topological polar surface area (TPSA) is 21.3 Å². The Bertz CT molecular complexity index is 424. The van der Waals surface area contributed by atoms with Crippen molar-refractivity contribution in [2.45, 2.75) is 31.4 Å². The first-order valence-electron chi connectivity index (χ1n) is 6.54. The Morgan fingerprint density at radius 3 is 2.89 bits per heavy atom. The lowest BCUT2D eigenvalue weighted by molar-refractivity contribution is 0.0474. The minimum absolute atomic E-state index is 0.0883. The second kappa shape index (κ2) is 5.38. The number of halogens is 2. The van der Waals surface area contributed by atoms with E-state index in [9.17, 15) is 0 Å². The van der Waals surface area contributed by atoms with Crippen LogP contribution in [0.4, 0.5) is 0 Å². The van der Waals surface area contributed by atoms with E-state index in [-0.39, 0.29) is 6.10 Å². The molecule has 0 radical (unpaired) electrons. The summed E-state index contributed by atoms with van der Waals surface area (Å²) in [4.78, 5) is 0. The van der Waals surface area contributed by atoms with Gasteiger partial charge in [-0.2, -0.15) is 0 Å². The molecule has 3 rings (SSSR count). The Balaban J connectivity index is 1.74. The van der Waals surface area contributed by atoms with Gasteiger partial charge >= 0.3 is 0 Å². The molecule has 1 aliphatic heterocycles. The third-order valence-corrected chi connectivity index (χ3v) is 4.79. The molecule has 3 atom stereocenters. The van der Waals surface area contributed by atoms with Crippen LogP contribution in [0, 0.1) is 5.92 Å². The summed E-state index contributed by atoms with van der Waals surface area (Å²) in [5, 5.41) is 4.82. The van der Waals surface area contributed by atoms with E-state index in [1.807, 2.05) is 18.2 Å². The molecular formula is C14H17Cl2NO. The molecule has 1 heterocycles. The number of nitrogens with one attached hydrogen (secondary N) is 1. The van der Waals surface area contributed by atoms with Crippen LogP contribution in [-0.2, 0) is 4.74 Å². The fraction of sp³-hybridized carbons (Fsp3) is 0.571. The number of hydrogen-bond donors (Lipinski definition) is 1. The zero-order chi connectivity index (χ0) is 12.5. The molecule has 98 valence electrons. The van der Waals surface area contributed by atoms with Gasteiger partial charge in [0.25, 0.3) is 0 Å². The maximum atomic E-state index is 6.06. The van der Waals surface area contributed by atoms with Crippen LogP contribution in [0.2, 0.25) is 10.0 Å². The molecule has 1 aromatic rings. The summed E-state index contributed by atoms with van der Waals surface area (Å²) in [5.41, 5.74) is 1.11. The average molecular weight is 286 g/mol. The van der Waals surface area contributed by atoms with Gasteiger partial charge in [0.05, 0.1) is 22.8 Å². The van der Waals surface area contributed by atoms with E-state index in [4.69, 9.17) is 27.9 Å². The number of rotatable bonds is 1. The molecule has 4 heteroatoms. The molecule has 2 fully saturated rings. The largest absolute Gasteiger partial charge is 0.372 e. The Morgan fingerprint density at radius 2 is 2.06 bits per heavy atom. The van der Waals surface area contributed by atoms with E-state index in [0.29, 0.717) is 22.0 Å². The Kier molecular flexibility index (Phi) is 3.81. The second-order valence-corrected chi connectivity index (χ2v) is 6.02. The zero-order valence-corrected chi connectivity index (χ0v) is 11.7. The Morgan fingerprint density at radius 1 is 1.17 bits per heavy atom. The highest BCUT2D eigenvalue weighted by Gasteiger charge is 2.31. The lowest BCUT2D eigenvalue weighted by atomic mass is 10.1. The molecular weight excluding hydrogens is 269 g/mol. The number of benzene rings is 1. The zero-order valence-electron chi connectivity index (χ0n) is 10.2. The summed E-state index contributed by atoms with van der Waals surface area (Å²) in [6.07, 6.45) is 3.97. The molecule has 18 heavy (non-hydrogen) atoms. The molecule has 0 spiro atoms. The second-order valence-electron chi connectivity index (χ2n) is 5.20. The summed E-state index contributed by atoms with van der Waals surface area (Å²) in [5.74, 6) is 0.678. The van der Waals surface area contributed by atoms with Crippen molar-refractivity contribution in [2.24, 2.45) is 5.92 Å². The third-order valence-electron chi connectivity index (χ3n) is 4.05. The van der Waals surface area contributed by atoms with Crippen LogP contribution < -0.4 is 5.32 Å². The van der Waals surface area contributed by atoms with Gasteiger partial charge in [0.2, 0.25) is 0 Å². The van der Waals surface area contributed by atoms with Gasteiger partial charge in [0, 0.05) is 12.6 Å². The van der Waals surface area contributed by atoms with Gasteiger partial charge in [-0.3, -0.25) is 0 Å². The van der Waals surface area contributed by atoms with Crippen molar-refractivity contribution < 1.29 is 4.74 Å². The predicted molar refractivity (Wildman–Crippen MR) is 74.3 cm³/mol. The fourth-order valence-electron chi connectivity index (χ4n) is 2.99. The monoisotopic (exact) mass is 285 g/mol. The number of hydrogen-bond acceptors (Lipinski definition) is 2. The maximum Gasteiger partial charge on any atom is 0.0949 e. The van der Waals surface area contributed by atoms with E-state index >= 15 is 0 Å². The fourth-order valence-corrected chi connectivity index (χ4v) is 3.30. The molecule has 1 N–H and O–H groups in total. The predicted octanol–water partition coefficient (Wildman–Crippen LogP) is 3.82. The van der Waals surface area contributed by atoms with E-state index in [1.54, 1.807) is 0 Å². The summed E-state index contributed by atoms with van der Waals surface area (Å²) in [6.45, 7) is 1.71. The van der Waals surface area contributed by atoms with Crippen LogP contribution in [-0.4, -0.2) is 19.2 Å². The first-order chi connectivity index (χ1) is 8.74. The number of fused-ring (bicyclic) bond motifs is 1. The van der Waals surface area contributed by atoms with Crippen LogP contribution in [0.25, 0.3) is 0 Å². The molecule has 3 unspecified atom stereocenters. The van der Waals surface area contributed by atoms with Gasteiger partial charge in [-0.05, 0) is 36.5 Å². The van der Waals surface area contributed by atoms with Crippen LogP contribution in [0.15, 0.2) is 18.2 Å². The lowest BCUT2D eigenvalue weighted by Crippen LogP contribution is -2.32. The molecule has 1 saturated carbocycles. The summed E-state index contributed by atoms with van der Waals surface area (Å²) in [6, 6.07) is 6.39. The molecule has 0 bridgehead atoms. The van der Waals surface area contributed by atoms with Gasteiger partial charge in [-0.25, -0.2) is 0 Å². The molecule has 2 aliphatic rings. The van der Waals surface area contributed by atoms with Gasteiger partial charge in [-0.1, -0.05) is 35.7 Å². The van der Waals surface area contributed by atoms with Crippen LogP contribution >= 0.6 is 23.2 Å². The van der Waals surface area contributed by atoms with E-state index in [2.05, 4.69) is 5.32 Å². The van der Waals surface area contributed by atoms with Crippen molar-refractivity contribution in [3.63, 3.8) is 0 Å². The highest BCUT2D eigenvalue weighted by Crippen LogP contribution is 2.32. The van der Waals surface area contributed by atoms with Crippen LogP contribution in [0.1, 0.15) is 30.9 Å². The Labute approximate surface area is 118 Å². The van der Waals surface area contributed by atoms with E-state index in [0.717, 1.165) is 18.7 Å². The number of ether oxygens (including phenoxy) is 1. The SMILES string of the molecule is Clc1ccc(C2CNC3CCCC3CO2)cc1Cl. The molecule has 0 amide bonds. The Hall–Kier alpha value is -0.280. The van der Waals surface area contributed by atoms with Gasteiger partial charge in [-0.15, -0.1) is 0 Å². The third kappa shape index (κ3) is 2.53. The molecule has 0 aromatic heterocycles. The minimum Gasteiger partial charge on any atom is -0.372 e. The highest BCUT2D eigenvalue weighted by molar-refractivity contribution is 6.42. The molecule has 1 aliphatic carbocycles. The van der Waals surface area contributed by atoms with Crippen molar-refractivity contribution in [1.82, 2.24) is 5.32 Å². The summed E-state index contributed by atoms with van der Waals surface area (Å²) >= 11 is 12.0.